The molecule has 2 atom stereocenters. The first kappa shape index (κ1) is 11.3. The van der Waals surface area contributed by atoms with Crippen LogP contribution in [0.15, 0.2) is 42.7 Å². The fourth-order valence-electron chi connectivity index (χ4n) is 2.76. The standard InChI is InChI=1S/C15H19N3/c1-12-7-8-13(11-12)17-14-5-2-3-6-15(14)18-10-4-9-16-18/h2-6,9-10,12-13,17H,7-8,11H2,1H3. The zero-order chi connectivity index (χ0) is 12.4. The van der Waals surface area contributed by atoms with Gasteiger partial charge in [-0.15, -0.1) is 0 Å². The highest BCUT2D eigenvalue weighted by Crippen LogP contribution is 2.29. The Morgan fingerprint density at radius 3 is 2.83 bits per heavy atom. The zero-order valence-corrected chi connectivity index (χ0v) is 10.7. The highest BCUT2D eigenvalue weighted by atomic mass is 15.3. The number of para-hydroxylation sites is 2. The van der Waals surface area contributed by atoms with Gasteiger partial charge in [-0.25, -0.2) is 4.68 Å². The van der Waals surface area contributed by atoms with E-state index >= 15 is 0 Å². The van der Waals surface area contributed by atoms with Gasteiger partial charge >= 0.3 is 0 Å². The number of hydrogen-bond donors (Lipinski definition) is 1. The van der Waals surface area contributed by atoms with Crippen molar-refractivity contribution in [2.45, 2.75) is 32.2 Å². The van der Waals surface area contributed by atoms with Gasteiger partial charge in [-0.3, -0.25) is 0 Å². The molecule has 1 fully saturated rings. The number of anilines is 1. The molecule has 0 spiro atoms. The third kappa shape index (κ3) is 2.26. The molecule has 18 heavy (non-hydrogen) atoms. The highest BCUT2D eigenvalue weighted by Gasteiger charge is 2.21. The number of hydrogen-bond acceptors (Lipinski definition) is 2. The van der Waals surface area contributed by atoms with E-state index in [-0.39, 0.29) is 0 Å². The van der Waals surface area contributed by atoms with Gasteiger partial charge in [-0.2, -0.15) is 5.10 Å². The van der Waals surface area contributed by atoms with Crippen molar-refractivity contribution >= 4 is 5.69 Å². The predicted octanol–water partition coefficient (Wildman–Crippen LogP) is 3.47. The first-order chi connectivity index (χ1) is 8.83. The van der Waals surface area contributed by atoms with E-state index in [4.69, 9.17) is 0 Å². The largest absolute Gasteiger partial charge is 0.381 e. The van der Waals surface area contributed by atoms with Gasteiger partial charge in [0, 0.05) is 18.4 Å². The minimum atomic E-state index is 0.608. The normalized spacial score (nSPS) is 23.2. The van der Waals surface area contributed by atoms with Crippen molar-refractivity contribution in [1.29, 1.82) is 0 Å². The van der Waals surface area contributed by atoms with Crippen LogP contribution in [0.25, 0.3) is 5.69 Å². The molecular weight excluding hydrogens is 222 g/mol. The lowest BCUT2D eigenvalue weighted by Crippen LogP contribution is -2.16. The predicted molar refractivity (Wildman–Crippen MR) is 74.0 cm³/mol. The molecule has 1 aliphatic rings. The van der Waals surface area contributed by atoms with E-state index in [1.165, 1.54) is 24.9 Å². The molecule has 0 aliphatic heterocycles. The Hall–Kier alpha value is -1.77. The molecule has 0 bridgehead atoms. The molecule has 1 aliphatic carbocycles. The Balaban J connectivity index is 1.84. The molecule has 0 saturated heterocycles. The van der Waals surface area contributed by atoms with Crippen LogP contribution in [0.1, 0.15) is 26.2 Å². The van der Waals surface area contributed by atoms with E-state index < -0.39 is 0 Å². The third-order valence-corrected chi connectivity index (χ3v) is 3.71. The molecule has 1 heterocycles. The summed E-state index contributed by atoms with van der Waals surface area (Å²) in [5, 5.41) is 7.98. The van der Waals surface area contributed by atoms with Crippen molar-refractivity contribution in [3.05, 3.63) is 42.7 Å². The van der Waals surface area contributed by atoms with E-state index in [9.17, 15) is 0 Å². The highest BCUT2D eigenvalue weighted by molar-refractivity contribution is 5.61. The van der Waals surface area contributed by atoms with Crippen molar-refractivity contribution in [2.75, 3.05) is 5.32 Å². The van der Waals surface area contributed by atoms with Crippen LogP contribution in [0.2, 0.25) is 0 Å². The maximum atomic E-state index is 4.31. The average Bonchev–Trinajstić information content (AvgIpc) is 3.02. The monoisotopic (exact) mass is 241 g/mol. The van der Waals surface area contributed by atoms with Crippen molar-refractivity contribution in [1.82, 2.24) is 9.78 Å². The van der Waals surface area contributed by atoms with Gasteiger partial charge < -0.3 is 5.32 Å². The van der Waals surface area contributed by atoms with Crippen molar-refractivity contribution < 1.29 is 0 Å². The Labute approximate surface area is 108 Å². The maximum Gasteiger partial charge on any atom is 0.0876 e. The molecule has 1 aromatic heterocycles. The van der Waals surface area contributed by atoms with Gasteiger partial charge in [0.15, 0.2) is 0 Å². The summed E-state index contributed by atoms with van der Waals surface area (Å²) in [7, 11) is 0. The second-order valence-electron chi connectivity index (χ2n) is 5.23. The Bertz CT molecular complexity index is 504. The minimum absolute atomic E-state index is 0.608. The van der Waals surface area contributed by atoms with Crippen LogP contribution in [0, 0.1) is 5.92 Å². The lowest BCUT2D eigenvalue weighted by Gasteiger charge is -2.17. The molecule has 2 aromatic rings. The van der Waals surface area contributed by atoms with Crippen LogP contribution in [-0.2, 0) is 0 Å². The third-order valence-electron chi connectivity index (χ3n) is 3.71. The summed E-state index contributed by atoms with van der Waals surface area (Å²) in [6, 6.07) is 10.9. The average molecular weight is 241 g/mol. The van der Waals surface area contributed by atoms with Crippen molar-refractivity contribution in [3.63, 3.8) is 0 Å². The fourth-order valence-corrected chi connectivity index (χ4v) is 2.76. The topological polar surface area (TPSA) is 29.9 Å². The van der Waals surface area contributed by atoms with Crippen LogP contribution in [0.3, 0.4) is 0 Å². The van der Waals surface area contributed by atoms with E-state index in [0.717, 1.165) is 11.6 Å². The Kier molecular flexibility index (Phi) is 3.05. The summed E-state index contributed by atoms with van der Waals surface area (Å²) in [4.78, 5) is 0. The van der Waals surface area contributed by atoms with Gasteiger partial charge in [-0.05, 0) is 43.4 Å². The second kappa shape index (κ2) is 4.84. The molecule has 2 unspecified atom stereocenters. The molecule has 1 saturated carbocycles. The van der Waals surface area contributed by atoms with Gasteiger partial charge in [0.2, 0.25) is 0 Å². The molecule has 0 radical (unpaired) electrons. The van der Waals surface area contributed by atoms with Gasteiger partial charge in [0.1, 0.15) is 0 Å². The lowest BCUT2D eigenvalue weighted by molar-refractivity contribution is 0.602. The van der Waals surface area contributed by atoms with Gasteiger partial charge in [0.25, 0.3) is 0 Å². The molecule has 94 valence electrons. The second-order valence-corrected chi connectivity index (χ2v) is 5.23. The first-order valence-corrected chi connectivity index (χ1v) is 6.68. The summed E-state index contributed by atoms with van der Waals surface area (Å²) >= 11 is 0. The number of nitrogens with zero attached hydrogens (tertiary/aromatic N) is 2. The van der Waals surface area contributed by atoms with Crippen LogP contribution in [0.4, 0.5) is 5.69 Å². The molecule has 3 heteroatoms. The first-order valence-electron chi connectivity index (χ1n) is 6.68. The van der Waals surface area contributed by atoms with Crippen LogP contribution in [0.5, 0.6) is 0 Å². The van der Waals surface area contributed by atoms with E-state index in [1.54, 1.807) is 0 Å². The summed E-state index contributed by atoms with van der Waals surface area (Å²) < 4.78 is 1.92. The molecule has 3 rings (SSSR count). The lowest BCUT2D eigenvalue weighted by atomic mass is 10.1. The van der Waals surface area contributed by atoms with Gasteiger partial charge in [-0.1, -0.05) is 19.1 Å². The maximum absolute atomic E-state index is 4.31. The molecule has 1 aromatic carbocycles. The molecule has 0 amide bonds. The fraction of sp³-hybridized carbons (Fsp3) is 0.400. The number of rotatable bonds is 3. The number of nitrogens with one attached hydrogen (secondary N) is 1. The summed E-state index contributed by atoms with van der Waals surface area (Å²) in [5.74, 6) is 0.847. The molecule has 1 N–H and O–H groups in total. The van der Waals surface area contributed by atoms with Crippen molar-refractivity contribution in [2.24, 2.45) is 5.92 Å². The molecule has 3 nitrogen and oxygen atoms in total. The van der Waals surface area contributed by atoms with Crippen LogP contribution in [-0.4, -0.2) is 15.8 Å². The summed E-state index contributed by atoms with van der Waals surface area (Å²) in [6.07, 6.45) is 7.68. The summed E-state index contributed by atoms with van der Waals surface area (Å²) in [6.45, 7) is 2.33. The quantitative estimate of drug-likeness (QED) is 0.891. The molecular formula is C15H19N3. The van der Waals surface area contributed by atoms with Crippen molar-refractivity contribution in [3.8, 4) is 5.69 Å². The minimum Gasteiger partial charge on any atom is -0.381 e. The number of benzene rings is 1. The van der Waals surface area contributed by atoms with Crippen LogP contribution >= 0.6 is 0 Å². The van der Waals surface area contributed by atoms with E-state index in [2.05, 4.69) is 41.6 Å². The SMILES string of the molecule is CC1CCC(Nc2ccccc2-n2cccn2)C1. The Morgan fingerprint density at radius 1 is 1.22 bits per heavy atom. The zero-order valence-electron chi connectivity index (χ0n) is 10.7. The smallest absolute Gasteiger partial charge is 0.0876 e. The summed E-state index contributed by atoms with van der Waals surface area (Å²) in [5.41, 5.74) is 2.31. The van der Waals surface area contributed by atoms with Gasteiger partial charge in [0.05, 0.1) is 11.4 Å². The van der Waals surface area contributed by atoms with Crippen LogP contribution < -0.4 is 5.32 Å². The van der Waals surface area contributed by atoms with E-state index in [1.807, 2.05) is 23.1 Å². The number of aromatic nitrogens is 2. The van der Waals surface area contributed by atoms with E-state index in [0.29, 0.717) is 6.04 Å². The Morgan fingerprint density at radius 2 is 2.11 bits per heavy atom.